The van der Waals surface area contributed by atoms with E-state index < -0.39 is 0 Å². The molecule has 1 aliphatic heterocycles. The second-order valence-electron chi connectivity index (χ2n) is 9.36. The Morgan fingerprint density at radius 3 is 2.83 bits per heavy atom. The number of anilines is 1. The van der Waals surface area contributed by atoms with Crippen LogP contribution >= 0.6 is 11.3 Å². The number of amides is 1. The van der Waals surface area contributed by atoms with Gasteiger partial charge in [-0.1, -0.05) is 55.0 Å². The highest BCUT2D eigenvalue weighted by atomic mass is 32.1. The summed E-state index contributed by atoms with van der Waals surface area (Å²) in [6.07, 6.45) is 5.10. The molecule has 0 radical (unpaired) electrons. The summed E-state index contributed by atoms with van der Waals surface area (Å²) in [4.78, 5) is 34.7. The Bertz CT molecular complexity index is 1160. The van der Waals surface area contributed by atoms with Gasteiger partial charge in [0.15, 0.2) is 0 Å². The molecule has 0 spiro atoms. The van der Waals surface area contributed by atoms with Crippen molar-refractivity contribution in [2.24, 2.45) is 5.92 Å². The van der Waals surface area contributed by atoms with Gasteiger partial charge in [-0.25, -0.2) is 4.98 Å². The second-order valence-corrected chi connectivity index (χ2v) is 10.3. The first kappa shape index (κ1) is 25.3. The molecule has 2 aromatic heterocycles. The lowest BCUT2D eigenvalue weighted by molar-refractivity contribution is -0.125. The zero-order valence-electron chi connectivity index (χ0n) is 20.8. The average Bonchev–Trinajstić information content (AvgIpc) is 3.30. The Balaban J connectivity index is 1.27. The zero-order valence-corrected chi connectivity index (χ0v) is 21.6. The number of aromatic nitrogens is 3. The van der Waals surface area contributed by atoms with Gasteiger partial charge in [-0.05, 0) is 44.7 Å². The standard InChI is InChI=1S/C26H36N6O2S/c1-3-4-14-30(18-21-10-6-5-7-11-21)15-9-13-27-24(34)22-12-8-16-31(19-22)26-29-32-23(33)17-20(2)28-25(32)35-26/h5-7,10-11,17,22H,3-4,8-9,12-16,18-19H2,1-2H3,(H,27,34)/t22-/m1/s1. The Morgan fingerprint density at radius 1 is 1.23 bits per heavy atom. The van der Waals surface area contributed by atoms with Crippen LogP contribution in [0.25, 0.3) is 4.96 Å². The zero-order chi connectivity index (χ0) is 24.6. The smallest absolute Gasteiger partial charge is 0.275 e. The van der Waals surface area contributed by atoms with E-state index in [0.717, 1.165) is 50.6 Å². The maximum Gasteiger partial charge on any atom is 0.275 e. The predicted octanol–water partition coefficient (Wildman–Crippen LogP) is 3.48. The van der Waals surface area contributed by atoms with Crippen LogP contribution in [0.1, 0.15) is 50.3 Å². The topological polar surface area (TPSA) is 82.8 Å². The lowest BCUT2D eigenvalue weighted by atomic mass is 9.97. The average molecular weight is 497 g/mol. The third kappa shape index (κ3) is 6.89. The van der Waals surface area contributed by atoms with Crippen LogP contribution in [-0.4, -0.2) is 58.1 Å². The highest BCUT2D eigenvalue weighted by Gasteiger charge is 2.27. The normalized spacial score (nSPS) is 16.2. The largest absolute Gasteiger partial charge is 0.356 e. The number of carbonyl (C=O) groups excluding carboxylic acids is 1. The van der Waals surface area contributed by atoms with Gasteiger partial charge in [-0.3, -0.25) is 14.5 Å². The first-order chi connectivity index (χ1) is 17.0. The third-order valence-corrected chi connectivity index (χ3v) is 7.42. The monoisotopic (exact) mass is 496 g/mol. The van der Waals surface area contributed by atoms with Crippen LogP contribution in [0.2, 0.25) is 0 Å². The van der Waals surface area contributed by atoms with E-state index in [1.54, 1.807) is 0 Å². The molecule has 0 unspecified atom stereocenters. The fraction of sp³-hybridized carbons (Fsp3) is 0.538. The van der Waals surface area contributed by atoms with E-state index in [-0.39, 0.29) is 17.4 Å². The molecule has 188 valence electrons. The van der Waals surface area contributed by atoms with Gasteiger partial charge in [-0.15, -0.1) is 5.10 Å². The number of nitrogens with one attached hydrogen (secondary N) is 1. The van der Waals surface area contributed by atoms with E-state index >= 15 is 0 Å². The van der Waals surface area contributed by atoms with E-state index in [1.165, 1.54) is 40.3 Å². The van der Waals surface area contributed by atoms with Crippen molar-refractivity contribution in [3.8, 4) is 0 Å². The summed E-state index contributed by atoms with van der Waals surface area (Å²) in [5.74, 6) is 0.0489. The summed E-state index contributed by atoms with van der Waals surface area (Å²) in [5.41, 5.74) is 1.86. The predicted molar refractivity (Wildman–Crippen MR) is 141 cm³/mol. The number of aryl methyl sites for hydroxylation is 1. The van der Waals surface area contributed by atoms with Crippen molar-refractivity contribution >= 4 is 27.3 Å². The molecular formula is C26H36N6O2S. The van der Waals surface area contributed by atoms with Crippen molar-refractivity contribution in [3.63, 3.8) is 0 Å². The maximum absolute atomic E-state index is 12.9. The molecule has 1 aromatic carbocycles. The fourth-order valence-corrected chi connectivity index (χ4v) is 5.54. The SMILES string of the molecule is CCCCN(CCCNC(=O)[C@@H]1CCCN(c2nn3c(=O)cc(C)nc3s2)C1)Cc1ccccc1. The summed E-state index contributed by atoms with van der Waals surface area (Å²) >= 11 is 1.41. The van der Waals surface area contributed by atoms with Crippen molar-refractivity contribution < 1.29 is 4.79 Å². The summed E-state index contributed by atoms with van der Waals surface area (Å²) in [7, 11) is 0. The van der Waals surface area contributed by atoms with E-state index in [4.69, 9.17) is 0 Å². The number of carbonyl (C=O) groups is 1. The molecule has 1 fully saturated rings. The van der Waals surface area contributed by atoms with Gasteiger partial charge in [-0.2, -0.15) is 4.52 Å². The maximum atomic E-state index is 12.9. The van der Waals surface area contributed by atoms with Crippen molar-refractivity contribution in [1.29, 1.82) is 0 Å². The molecule has 35 heavy (non-hydrogen) atoms. The molecule has 3 aromatic rings. The summed E-state index contributed by atoms with van der Waals surface area (Å²) in [6.45, 7) is 9.18. The Hall–Kier alpha value is -2.78. The number of rotatable bonds is 11. The number of benzene rings is 1. The molecule has 3 heterocycles. The van der Waals surface area contributed by atoms with Gasteiger partial charge in [0.2, 0.25) is 16.0 Å². The molecule has 4 rings (SSSR count). The van der Waals surface area contributed by atoms with Gasteiger partial charge < -0.3 is 10.2 Å². The minimum absolute atomic E-state index is 0.0670. The van der Waals surface area contributed by atoms with Crippen LogP contribution in [0.15, 0.2) is 41.2 Å². The molecule has 1 aliphatic rings. The molecule has 1 amide bonds. The number of fused-ring (bicyclic) bond motifs is 1. The van der Waals surface area contributed by atoms with Gasteiger partial charge in [0.05, 0.1) is 5.92 Å². The molecule has 9 heteroatoms. The van der Waals surface area contributed by atoms with Crippen LogP contribution < -0.4 is 15.8 Å². The molecular weight excluding hydrogens is 460 g/mol. The van der Waals surface area contributed by atoms with Gasteiger partial charge >= 0.3 is 0 Å². The van der Waals surface area contributed by atoms with E-state index in [0.29, 0.717) is 23.7 Å². The number of hydrogen-bond acceptors (Lipinski definition) is 7. The quantitative estimate of drug-likeness (QED) is 0.409. The fourth-order valence-electron chi connectivity index (χ4n) is 4.55. The first-order valence-electron chi connectivity index (χ1n) is 12.7. The molecule has 0 saturated carbocycles. The van der Waals surface area contributed by atoms with Gasteiger partial charge in [0.25, 0.3) is 5.56 Å². The molecule has 1 N–H and O–H groups in total. The van der Waals surface area contributed by atoms with Crippen LogP contribution in [0, 0.1) is 12.8 Å². The molecule has 0 bridgehead atoms. The van der Waals surface area contributed by atoms with E-state index in [2.05, 4.69) is 62.5 Å². The number of piperidine rings is 1. The number of nitrogens with zero attached hydrogens (tertiary/aromatic N) is 5. The van der Waals surface area contributed by atoms with Crippen molar-refractivity contribution in [3.05, 3.63) is 58.0 Å². The minimum Gasteiger partial charge on any atom is -0.356 e. The Morgan fingerprint density at radius 2 is 2.03 bits per heavy atom. The second kappa shape index (κ2) is 12.3. The Labute approximate surface area is 211 Å². The molecule has 1 saturated heterocycles. The van der Waals surface area contributed by atoms with Crippen LogP contribution in [0.4, 0.5) is 5.13 Å². The highest BCUT2D eigenvalue weighted by molar-refractivity contribution is 7.20. The van der Waals surface area contributed by atoms with E-state index in [1.807, 2.05) is 6.92 Å². The van der Waals surface area contributed by atoms with Crippen molar-refractivity contribution in [2.75, 3.05) is 37.6 Å². The molecule has 0 aliphatic carbocycles. The van der Waals surface area contributed by atoms with Crippen molar-refractivity contribution in [2.45, 2.75) is 52.5 Å². The number of unbranched alkanes of at least 4 members (excludes halogenated alkanes) is 1. The van der Waals surface area contributed by atoms with Crippen LogP contribution in [-0.2, 0) is 11.3 Å². The lowest BCUT2D eigenvalue weighted by Gasteiger charge is -2.31. The minimum atomic E-state index is -0.165. The summed E-state index contributed by atoms with van der Waals surface area (Å²) < 4.78 is 1.36. The Kier molecular flexibility index (Phi) is 8.87. The highest BCUT2D eigenvalue weighted by Crippen LogP contribution is 2.27. The van der Waals surface area contributed by atoms with Gasteiger partial charge in [0.1, 0.15) is 0 Å². The molecule has 8 nitrogen and oxygen atoms in total. The molecule has 1 atom stereocenters. The van der Waals surface area contributed by atoms with E-state index in [9.17, 15) is 9.59 Å². The van der Waals surface area contributed by atoms with Crippen molar-refractivity contribution in [1.82, 2.24) is 24.8 Å². The first-order valence-corrected chi connectivity index (χ1v) is 13.5. The number of hydrogen-bond donors (Lipinski definition) is 1. The third-order valence-electron chi connectivity index (χ3n) is 6.45. The van der Waals surface area contributed by atoms with Crippen LogP contribution in [0.3, 0.4) is 0 Å². The van der Waals surface area contributed by atoms with Crippen LogP contribution in [0.5, 0.6) is 0 Å². The summed E-state index contributed by atoms with van der Waals surface area (Å²) in [6, 6.07) is 12.1. The lowest BCUT2D eigenvalue weighted by Crippen LogP contribution is -2.43. The summed E-state index contributed by atoms with van der Waals surface area (Å²) in [5, 5.41) is 8.39. The van der Waals surface area contributed by atoms with Gasteiger partial charge in [0, 0.05) is 44.5 Å².